The number of hydrogen-bond donors (Lipinski definition) is 0. The highest BCUT2D eigenvalue weighted by atomic mass is 32.2. The summed E-state index contributed by atoms with van der Waals surface area (Å²) < 4.78 is 0. The zero-order valence-corrected chi connectivity index (χ0v) is 23.7. The summed E-state index contributed by atoms with van der Waals surface area (Å²) in [6.45, 7) is 0. The second-order valence-electron chi connectivity index (χ2n) is 11.2. The minimum atomic E-state index is -0.449. The largest absolute Gasteiger partial charge is 0.0888 e. The molecule has 0 atom stereocenters. The van der Waals surface area contributed by atoms with Crippen LogP contribution in [0.2, 0.25) is 0 Å². The Hall–Kier alpha value is -4.85. The van der Waals surface area contributed by atoms with Crippen LogP contribution in [0.25, 0.3) is 44.2 Å². The zero-order chi connectivity index (χ0) is 27.7. The number of hydrogen-bond acceptors (Lipinski definition) is 1. The van der Waals surface area contributed by atoms with E-state index < -0.39 is 5.41 Å². The molecule has 0 amide bonds. The molecule has 0 nitrogen and oxygen atoms in total. The fourth-order valence-electron chi connectivity index (χ4n) is 7.54. The predicted molar refractivity (Wildman–Crippen MR) is 176 cm³/mol. The first kappa shape index (κ1) is 23.8. The van der Waals surface area contributed by atoms with Gasteiger partial charge < -0.3 is 0 Å². The van der Waals surface area contributed by atoms with Crippen LogP contribution >= 0.6 is 11.8 Å². The highest BCUT2D eigenvalue weighted by Gasteiger charge is 2.47. The summed E-state index contributed by atoms with van der Waals surface area (Å²) in [6.07, 6.45) is 0. The van der Waals surface area contributed by atoms with Gasteiger partial charge >= 0.3 is 0 Å². The Kier molecular flexibility index (Phi) is 5.15. The summed E-state index contributed by atoms with van der Waals surface area (Å²) in [7, 11) is 0. The molecule has 0 radical (unpaired) electrons. The van der Waals surface area contributed by atoms with Crippen molar-refractivity contribution >= 4 is 22.5 Å². The summed E-state index contributed by atoms with van der Waals surface area (Å²) >= 11 is 1.89. The van der Waals surface area contributed by atoms with E-state index in [2.05, 4.69) is 158 Å². The van der Waals surface area contributed by atoms with Crippen molar-refractivity contribution in [2.24, 2.45) is 0 Å². The van der Waals surface area contributed by atoms with Gasteiger partial charge in [0.25, 0.3) is 0 Å². The van der Waals surface area contributed by atoms with Crippen molar-refractivity contribution in [1.82, 2.24) is 0 Å². The minimum Gasteiger partial charge on any atom is -0.0888 e. The van der Waals surface area contributed by atoms with Gasteiger partial charge in [0, 0.05) is 15.2 Å². The molecule has 0 N–H and O–H groups in total. The highest BCUT2D eigenvalue weighted by Crippen LogP contribution is 2.60. The van der Waals surface area contributed by atoms with Gasteiger partial charge in [-0.05, 0) is 73.2 Å². The number of benzene rings is 7. The molecule has 0 aromatic heterocycles. The van der Waals surface area contributed by atoms with Gasteiger partial charge in [0.15, 0.2) is 0 Å². The van der Waals surface area contributed by atoms with Crippen LogP contribution in [0.15, 0.2) is 168 Å². The van der Waals surface area contributed by atoms with Crippen molar-refractivity contribution in [3.8, 4) is 33.4 Å². The van der Waals surface area contributed by atoms with E-state index in [1.165, 1.54) is 76.2 Å². The average molecular weight is 551 g/mol. The van der Waals surface area contributed by atoms with E-state index in [1.807, 2.05) is 11.8 Å². The Morgan fingerprint density at radius 3 is 1.71 bits per heavy atom. The summed E-state index contributed by atoms with van der Waals surface area (Å²) in [5, 5.41) is 2.65. The van der Waals surface area contributed by atoms with Gasteiger partial charge in [0.05, 0.1) is 5.41 Å². The van der Waals surface area contributed by atoms with Crippen LogP contribution in [0.1, 0.15) is 22.3 Å². The third-order valence-corrected chi connectivity index (χ3v) is 10.3. The van der Waals surface area contributed by atoms with E-state index in [9.17, 15) is 0 Å². The Morgan fingerprint density at radius 1 is 0.381 bits per heavy atom. The molecule has 0 unspecified atom stereocenters. The van der Waals surface area contributed by atoms with Gasteiger partial charge in [-0.3, -0.25) is 0 Å². The van der Waals surface area contributed by atoms with Gasteiger partial charge in [0.1, 0.15) is 0 Å². The molecule has 0 spiro atoms. The molecule has 0 saturated heterocycles. The van der Waals surface area contributed by atoms with Crippen molar-refractivity contribution in [1.29, 1.82) is 0 Å². The third-order valence-electron chi connectivity index (χ3n) is 9.15. The Morgan fingerprint density at radius 2 is 0.952 bits per heavy atom. The summed E-state index contributed by atoms with van der Waals surface area (Å²) in [5.74, 6) is 0. The molecule has 1 heterocycles. The molecule has 7 aromatic carbocycles. The van der Waals surface area contributed by atoms with E-state index in [0.717, 1.165) is 0 Å². The quantitative estimate of drug-likeness (QED) is 0.211. The minimum absolute atomic E-state index is 0.449. The van der Waals surface area contributed by atoms with Crippen molar-refractivity contribution in [2.45, 2.75) is 15.2 Å². The van der Waals surface area contributed by atoms with Gasteiger partial charge in [-0.15, -0.1) is 0 Å². The molecule has 0 fully saturated rings. The molecular formula is C41H26S. The van der Waals surface area contributed by atoms with E-state index in [1.54, 1.807) is 0 Å². The lowest BCUT2D eigenvalue weighted by atomic mass is 9.66. The smallest absolute Gasteiger partial charge is 0.0719 e. The molecule has 1 aliphatic heterocycles. The van der Waals surface area contributed by atoms with Gasteiger partial charge in [0.2, 0.25) is 0 Å². The highest BCUT2D eigenvalue weighted by molar-refractivity contribution is 7.99. The topological polar surface area (TPSA) is 0 Å². The maximum Gasteiger partial charge on any atom is 0.0719 e. The zero-order valence-electron chi connectivity index (χ0n) is 22.9. The fourth-order valence-corrected chi connectivity index (χ4v) is 8.68. The first-order valence-corrected chi connectivity index (χ1v) is 15.3. The van der Waals surface area contributed by atoms with Gasteiger partial charge in [-0.1, -0.05) is 157 Å². The third kappa shape index (κ3) is 3.15. The normalized spacial score (nSPS) is 13.8. The van der Waals surface area contributed by atoms with E-state index >= 15 is 0 Å². The molecule has 9 rings (SSSR count). The van der Waals surface area contributed by atoms with Crippen LogP contribution in [0.3, 0.4) is 0 Å². The average Bonchev–Trinajstić information content (AvgIpc) is 3.37. The molecule has 2 aliphatic rings. The molecule has 7 aromatic rings. The lowest BCUT2D eigenvalue weighted by Crippen LogP contribution is -2.29. The van der Waals surface area contributed by atoms with Crippen LogP contribution in [-0.4, -0.2) is 0 Å². The van der Waals surface area contributed by atoms with E-state index in [-0.39, 0.29) is 0 Å². The lowest BCUT2D eigenvalue weighted by Gasteiger charge is -2.35. The monoisotopic (exact) mass is 550 g/mol. The second-order valence-corrected chi connectivity index (χ2v) is 12.3. The van der Waals surface area contributed by atoms with Crippen LogP contribution in [0.4, 0.5) is 0 Å². The van der Waals surface area contributed by atoms with Gasteiger partial charge in [-0.2, -0.15) is 0 Å². The first-order chi connectivity index (χ1) is 20.9. The van der Waals surface area contributed by atoms with Crippen LogP contribution in [-0.2, 0) is 5.41 Å². The fraction of sp³-hybridized carbons (Fsp3) is 0.0244. The molecular weight excluding hydrogens is 525 g/mol. The Bertz CT molecular complexity index is 2120. The summed E-state index contributed by atoms with van der Waals surface area (Å²) in [5.41, 5.74) is 12.7. The SMILES string of the molecule is c1ccc(C2(c3ccccc3)c3ccccc3-c3cccc(-c4ccc5cccc6c5c4-c4ccccc4S6)c32)cc1. The van der Waals surface area contributed by atoms with E-state index in [0.29, 0.717) is 0 Å². The summed E-state index contributed by atoms with van der Waals surface area (Å²) in [6, 6.07) is 58.5. The lowest BCUT2D eigenvalue weighted by molar-refractivity contribution is 0.770. The Labute approximate surface area is 250 Å². The molecule has 0 saturated carbocycles. The van der Waals surface area contributed by atoms with Crippen molar-refractivity contribution < 1.29 is 0 Å². The van der Waals surface area contributed by atoms with Crippen molar-refractivity contribution in [3.63, 3.8) is 0 Å². The van der Waals surface area contributed by atoms with Crippen molar-refractivity contribution in [3.05, 3.63) is 180 Å². The molecule has 1 heteroatoms. The molecule has 0 bridgehead atoms. The maximum absolute atomic E-state index is 2.37. The van der Waals surface area contributed by atoms with Crippen LogP contribution in [0.5, 0.6) is 0 Å². The molecule has 196 valence electrons. The van der Waals surface area contributed by atoms with Crippen molar-refractivity contribution in [2.75, 3.05) is 0 Å². The molecule has 1 aliphatic carbocycles. The first-order valence-electron chi connectivity index (χ1n) is 14.5. The van der Waals surface area contributed by atoms with Crippen LogP contribution < -0.4 is 0 Å². The van der Waals surface area contributed by atoms with Gasteiger partial charge in [-0.25, -0.2) is 0 Å². The summed E-state index contributed by atoms with van der Waals surface area (Å²) in [4.78, 5) is 2.65. The Balaban J connectivity index is 1.47. The standard InChI is InChI=1S/C41H26S/c1-3-14-28(15-4-1)41(29-16-5-2-6-17-29)35-22-9-7-18-30(35)32-20-12-21-33(40(32)41)31-26-25-27-13-11-24-37-38(27)39(31)34-19-8-10-23-36(34)42-37/h1-26H. The second kappa shape index (κ2) is 9.08. The number of rotatable bonds is 3. The van der Waals surface area contributed by atoms with E-state index in [4.69, 9.17) is 0 Å². The maximum atomic E-state index is 2.37. The van der Waals surface area contributed by atoms with Crippen LogP contribution in [0, 0.1) is 0 Å². The molecule has 42 heavy (non-hydrogen) atoms. The number of fused-ring (bicyclic) bond motifs is 5. The predicted octanol–water partition coefficient (Wildman–Crippen LogP) is 11.0.